The monoisotopic (exact) mass is 663 g/mol. The van der Waals surface area contributed by atoms with E-state index in [2.05, 4.69) is 10.3 Å². The Hall–Kier alpha value is -5.04. The molecule has 1 saturated carbocycles. The van der Waals surface area contributed by atoms with Crippen molar-refractivity contribution < 1.29 is 59.4 Å². The predicted molar refractivity (Wildman–Crippen MR) is 145 cm³/mol. The third-order valence-corrected chi connectivity index (χ3v) is 6.73. The first-order valence-corrected chi connectivity index (χ1v) is 13.6. The van der Waals surface area contributed by atoms with Gasteiger partial charge in [-0.2, -0.15) is 26.3 Å². The van der Waals surface area contributed by atoms with E-state index in [1.807, 2.05) is 18.2 Å². The van der Waals surface area contributed by atoms with Crippen LogP contribution < -0.4 is 16.2 Å². The van der Waals surface area contributed by atoms with Gasteiger partial charge in [-0.05, 0) is 42.2 Å². The molecule has 1 aliphatic carbocycles. The first kappa shape index (κ1) is 36.2. The fourth-order valence-corrected chi connectivity index (χ4v) is 4.35. The van der Waals surface area contributed by atoms with Crippen LogP contribution in [0.1, 0.15) is 23.5 Å². The summed E-state index contributed by atoms with van der Waals surface area (Å²) in [6, 6.07) is 17.1. The minimum Gasteiger partial charge on any atom is -0.475 e. The maximum Gasteiger partial charge on any atom is 0.490 e. The van der Waals surface area contributed by atoms with Crippen LogP contribution in [0.3, 0.4) is 0 Å². The minimum atomic E-state index is -5.08. The Morgan fingerprint density at radius 3 is 1.93 bits per heavy atom. The summed E-state index contributed by atoms with van der Waals surface area (Å²) in [4.78, 5) is 34.7. The van der Waals surface area contributed by atoms with E-state index in [4.69, 9.17) is 36.1 Å². The molecule has 1 aromatic heterocycles. The lowest BCUT2D eigenvalue weighted by molar-refractivity contribution is -0.193. The van der Waals surface area contributed by atoms with Gasteiger partial charge in [0.25, 0.3) is 0 Å². The summed E-state index contributed by atoms with van der Waals surface area (Å²) in [7, 11) is -3.87. The number of anilines is 1. The molecule has 1 aliphatic rings. The summed E-state index contributed by atoms with van der Waals surface area (Å²) in [5.41, 5.74) is 8.19. The fraction of sp³-hybridized carbons (Fsp3) is 0.192. The number of carbonyl (C=O) groups excluding carboxylic acids is 1. The molecule has 0 bridgehead atoms. The van der Waals surface area contributed by atoms with Gasteiger partial charge in [-0.15, -0.1) is 0 Å². The number of nitrogens with one attached hydrogen (secondary N) is 2. The number of sulfonamides is 1. The lowest BCUT2D eigenvalue weighted by Crippen LogP contribution is -2.21. The zero-order valence-corrected chi connectivity index (χ0v) is 23.2. The van der Waals surface area contributed by atoms with Crippen molar-refractivity contribution in [1.29, 1.82) is 5.41 Å². The SMILES string of the molecule is N=C(N)c1cccc([C@H]2C[C@H]2C(=O)Nc2ccc(-c3ccccc3S(N)(=O)=O)cn2)c1.O=C(O)C(F)(F)F.O=C(O)C(F)(F)F. The molecule has 0 saturated heterocycles. The quantitative estimate of drug-likeness (QED) is 0.128. The number of primary sulfonamides is 1. The van der Waals surface area contributed by atoms with Crippen LogP contribution in [0.25, 0.3) is 11.1 Å². The van der Waals surface area contributed by atoms with Crippen LogP contribution in [-0.4, -0.2) is 59.6 Å². The number of rotatable bonds is 6. The van der Waals surface area contributed by atoms with E-state index in [1.165, 1.54) is 12.3 Å². The molecule has 1 amide bonds. The average molecular weight is 664 g/mol. The van der Waals surface area contributed by atoms with Gasteiger partial charge in [0.2, 0.25) is 15.9 Å². The van der Waals surface area contributed by atoms with E-state index in [-0.39, 0.29) is 28.5 Å². The Morgan fingerprint density at radius 1 is 0.911 bits per heavy atom. The number of carboxylic acid groups (broad SMARTS) is 2. The average Bonchev–Trinajstić information content (AvgIpc) is 3.74. The lowest BCUT2D eigenvalue weighted by Gasteiger charge is -2.09. The number of aliphatic carboxylic acids is 2. The number of amidine groups is 1. The summed E-state index contributed by atoms with van der Waals surface area (Å²) < 4.78 is 87.1. The molecule has 0 unspecified atom stereocenters. The van der Waals surface area contributed by atoms with Crippen molar-refractivity contribution in [2.24, 2.45) is 16.8 Å². The summed E-state index contributed by atoms with van der Waals surface area (Å²) >= 11 is 0. The van der Waals surface area contributed by atoms with E-state index in [0.29, 0.717) is 28.9 Å². The number of hydrogen-bond donors (Lipinski definition) is 6. The molecular formula is C26H23F6N5O7S. The maximum atomic E-state index is 12.6. The first-order chi connectivity index (χ1) is 20.6. The third kappa shape index (κ3) is 10.9. The second-order valence-electron chi connectivity index (χ2n) is 9.06. The highest BCUT2D eigenvalue weighted by Gasteiger charge is 2.44. The van der Waals surface area contributed by atoms with Crippen LogP contribution in [-0.2, 0) is 24.4 Å². The van der Waals surface area contributed by atoms with Gasteiger partial charge in [-0.25, -0.2) is 28.1 Å². The molecule has 8 N–H and O–H groups in total. The van der Waals surface area contributed by atoms with Crippen LogP contribution in [0.15, 0.2) is 71.8 Å². The normalized spacial score (nSPS) is 15.7. The van der Waals surface area contributed by atoms with Gasteiger partial charge >= 0.3 is 24.3 Å². The molecule has 45 heavy (non-hydrogen) atoms. The number of benzene rings is 2. The second kappa shape index (κ2) is 14.2. The number of carbonyl (C=O) groups is 3. The van der Waals surface area contributed by atoms with E-state index in [0.717, 1.165) is 5.56 Å². The molecule has 2 atom stereocenters. The standard InChI is InChI=1S/C22H21N5O3S.2C2HF3O2/c23-21(24)14-5-3-4-13(10-14)17-11-18(17)22(28)27-20-9-8-15(12-26-20)16-6-1-2-7-19(16)31(25,29)30;2*3-2(4,5)1(6)7/h1-10,12,17-18H,11H2,(H3,23,24)(H2,25,29,30)(H,26,27,28);2*(H,6,7)/t17-,18-;;/m1../s1. The second-order valence-corrected chi connectivity index (χ2v) is 10.6. The predicted octanol–water partition coefficient (Wildman–Crippen LogP) is 3.69. The van der Waals surface area contributed by atoms with Crippen LogP contribution in [0.4, 0.5) is 32.2 Å². The number of nitrogens with two attached hydrogens (primary N) is 2. The molecule has 242 valence electrons. The highest BCUT2D eigenvalue weighted by molar-refractivity contribution is 7.89. The molecule has 0 spiro atoms. The van der Waals surface area contributed by atoms with Gasteiger partial charge in [0.1, 0.15) is 11.7 Å². The van der Waals surface area contributed by atoms with Crippen molar-refractivity contribution in [1.82, 2.24) is 4.98 Å². The van der Waals surface area contributed by atoms with E-state index in [9.17, 15) is 39.6 Å². The van der Waals surface area contributed by atoms with E-state index < -0.39 is 34.3 Å². The van der Waals surface area contributed by atoms with Crippen LogP contribution in [0, 0.1) is 11.3 Å². The topological polar surface area (TPSA) is 227 Å². The molecule has 19 heteroatoms. The third-order valence-electron chi connectivity index (χ3n) is 5.76. The number of halogens is 6. The lowest BCUT2D eigenvalue weighted by atomic mass is 10.0. The number of alkyl halides is 6. The maximum absolute atomic E-state index is 12.6. The number of aromatic nitrogens is 1. The number of pyridine rings is 1. The Morgan fingerprint density at radius 2 is 1.47 bits per heavy atom. The van der Waals surface area contributed by atoms with Crippen LogP contribution >= 0.6 is 0 Å². The molecule has 12 nitrogen and oxygen atoms in total. The van der Waals surface area contributed by atoms with Crippen molar-refractivity contribution in [3.05, 3.63) is 78.0 Å². The summed E-state index contributed by atoms with van der Waals surface area (Å²) in [6.45, 7) is 0. The van der Waals surface area contributed by atoms with Crippen molar-refractivity contribution >= 4 is 39.5 Å². The zero-order chi connectivity index (χ0) is 34.3. The van der Waals surface area contributed by atoms with Gasteiger partial charge in [0.05, 0.1) is 4.90 Å². The fourth-order valence-electron chi connectivity index (χ4n) is 3.59. The molecule has 4 rings (SSSR count). The number of nitrogen functional groups attached to an aromatic ring is 1. The van der Waals surface area contributed by atoms with Gasteiger partial charge in [-0.1, -0.05) is 36.4 Å². The highest BCUT2D eigenvalue weighted by atomic mass is 32.2. The van der Waals surface area contributed by atoms with E-state index >= 15 is 0 Å². The summed E-state index contributed by atoms with van der Waals surface area (Å²) in [6.07, 6.45) is -7.95. The van der Waals surface area contributed by atoms with Crippen molar-refractivity contribution in [2.45, 2.75) is 29.6 Å². The number of hydrogen-bond acceptors (Lipinski definition) is 7. The largest absolute Gasteiger partial charge is 0.490 e. The first-order valence-electron chi connectivity index (χ1n) is 12.1. The highest BCUT2D eigenvalue weighted by Crippen LogP contribution is 2.48. The summed E-state index contributed by atoms with van der Waals surface area (Å²) in [5.74, 6) is -5.36. The van der Waals surface area contributed by atoms with Crippen molar-refractivity contribution in [3.8, 4) is 11.1 Å². The zero-order valence-electron chi connectivity index (χ0n) is 22.4. The summed E-state index contributed by atoms with van der Waals surface area (Å²) in [5, 5.41) is 29.9. The molecule has 2 aromatic carbocycles. The Bertz CT molecular complexity index is 1660. The van der Waals surface area contributed by atoms with Gasteiger partial charge in [-0.3, -0.25) is 10.2 Å². The molecule has 1 fully saturated rings. The van der Waals surface area contributed by atoms with Crippen LogP contribution in [0.2, 0.25) is 0 Å². The molecular weight excluding hydrogens is 640 g/mol. The Labute approximate surface area is 250 Å². The number of carboxylic acids is 2. The van der Waals surface area contributed by atoms with Crippen molar-refractivity contribution in [3.63, 3.8) is 0 Å². The van der Waals surface area contributed by atoms with Crippen molar-refractivity contribution in [2.75, 3.05) is 5.32 Å². The van der Waals surface area contributed by atoms with Gasteiger partial charge < -0.3 is 21.3 Å². The van der Waals surface area contributed by atoms with Gasteiger partial charge in [0.15, 0.2) is 0 Å². The van der Waals surface area contributed by atoms with Gasteiger partial charge in [0, 0.05) is 28.8 Å². The molecule has 0 radical (unpaired) electrons. The molecule has 3 aromatic rings. The number of nitrogens with zero attached hydrogens (tertiary/aromatic N) is 1. The molecule has 0 aliphatic heterocycles. The van der Waals surface area contributed by atoms with E-state index in [1.54, 1.807) is 36.4 Å². The number of amides is 1. The minimum absolute atomic E-state index is 0.00296. The molecule has 1 heterocycles. The smallest absolute Gasteiger partial charge is 0.475 e. The Balaban J connectivity index is 0.000000421. The van der Waals surface area contributed by atoms with Crippen LogP contribution in [0.5, 0.6) is 0 Å². The Kier molecular flexibility index (Phi) is 11.4.